The first kappa shape index (κ1) is 22.7. The Labute approximate surface area is 192 Å². The second-order valence-corrected chi connectivity index (χ2v) is 8.31. The van der Waals surface area contributed by atoms with Crippen molar-refractivity contribution < 1.29 is 13.6 Å². The van der Waals surface area contributed by atoms with Crippen molar-refractivity contribution in [3.8, 4) is 0 Å². The van der Waals surface area contributed by atoms with Crippen molar-refractivity contribution in [3.05, 3.63) is 83.6 Å². The average molecular weight is 452 g/mol. The SMILES string of the molecule is CN(C)c1ccc(CN2CCN(c3ccc(NC(=O)c4ccc(F)cc4F)cn3)CC2)cc1. The number of carbonyl (C=O) groups excluding carboxylic acids is 1. The van der Waals surface area contributed by atoms with Gasteiger partial charge in [-0.1, -0.05) is 12.1 Å². The van der Waals surface area contributed by atoms with Crippen molar-refractivity contribution in [1.82, 2.24) is 9.88 Å². The first-order valence-electron chi connectivity index (χ1n) is 10.8. The minimum atomic E-state index is -0.899. The van der Waals surface area contributed by atoms with E-state index in [0.717, 1.165) is 50.7 Å². The van der Waals surface area contributed by atoms with Gasteiger partial charge < -0.3 is 15.1 Å². The number of anilines is 3. The van der Waals surface area contributed by atoms with Crippen molar-refractivity contribution in [2.75, 3.05) is 55.4 Å². The number of hydrogen-bond donors (Lipinski definition) is 1. The fourth-order valence-corrected chi connectivity index (χ4v) is 3.81. The molecule has 1 aromatic heterocycles. The number of nitrogens with one attached hydrogen (secondary N) is 1. The molecule has 0 bridgehead atoms. The van der Waals surface area contributed by atoms with Gasteiger partial charge in [-0.25, -0.2) is 13.8 Å². The van der Waals surface area contributed by atoms with E-state index in [2.05, 4.69) is 49.3 Å². The van der Waals surface area contributed by atoms with E-state index in [1.165, 1.54) is 11.3 Å². The Morgan fingerprint density at radius 2 is 1.73 bits per heavy atom. The van der Waals surface area contributed by atoms with E-state index in [0.29, 0.717) is 11.8 Å². The van der Waals surface area contributed by atoms with Crippen molar-refractivity contribution in [2.24, 2.45) is 0 Å². The van der Waals surface area contributed by atoms with Crippen LogP contribution in [-0.2, 0) is 6.54 Å². The quantitative estimate of drug-likeness (QED) is 0.614. The van der Waals surface area contributed by atoms with Gasteiger partial charge in [0.15, 0.2) is 0 Å². The number of rotatable bonds is 6. The molecule has 1 aliphatic heterocycles. The standard InChI is InChI=1S/C25H27F2N5O/c1-30(2)21-7-3-18(4-8-21)17-31-11-13-32(14-12-31)24-10-6-20(16-28-24)29-25(33)22-9-5-19(26)15-23(22)27/h3-10,15-16H,11-14,17H2,1-2H3,(H,29,33). The van der Waals surface area contributed by atoms with E-state index in [-0.39, 0.29) is 5.56 Å². The van der Waals surface area contributed by atoms with Crippen LogP contribution in [0.25, 0.3) is 0 Å². The second-order valence-electron chi connectivity index (χ2n) is 8.31. The normalized spacial score (nSPS) is 14.2. The van der Waals surface area contributed by atoms with Gasteiger partial charge >= 0.3 is 0 Å². The smallest absolute Gasteiger partial charge is 0.258 e. The summed E-state index contributed by atoms with van der Waals surface area (Å²) in [6.07, 6.45) is 1.55. The zero-order valence-corrected chi connectivity index (χ0v) is 18.8. The summed E-state index contributed by atoms with van der Waals surface area (Å²) >= 11 is 0. The van der Waals surface area contributed by atoms with Crippen molar-refractivity contribution in [3.63, 3.8) is 0 Å². The molecule has 0 saturated carbocycles. The molecule has 1 amide bonds. The lowest BCUT2D eigenvalue weighted by atomic mass is 10.1. The van der Waals surface area contributed by atoms with E-state index < -0.39 is 17.5 Å². The lowest BCUT2D eigenvalue weighted by molar-refractivity contribution is 0.102. The molecule has 6 nitrogen and oxygen atoms in total. The molecule has 4 rings (SSSR count). The summed E-state index contributed by atoms with van der Waals surface area (Å²) in [6.45, 7) is 4.49. The van der Waals surface area contributed by atoms with E-state index in [4.69, 9.17) is 0 Å². The summed E-state index contributed by atoms with van der Waals surface area (Å²) < 4.78 is 26.8. The molecule has 0 atom stereocenters. The van der Waals surface area contributed by atoms with Gasteiger partial charge in [0.1, 0.15) is 17.5 Å². The fourth-order valence-electron chi connectivity index (χ4n) is 3.81. The summed E-state index contributed by atoms with van der Waals surface area (Å²) in [5, 5.41) is 2.60. The number of benzene rings is 2. The number of pyridine rings is 1. The molecule has 0 aliphatic carbocycles. The van der Waals surface area contributed by atoms with Crippen LogP contribution < -0.4 is 15.1 Å². The maximum atomic E-state index is 13.8. The molecule has 0 unspecified atom stereocenters. The number of piperazine rings is 1. The summed E-state index contributed by atoms with van der Waals surface area (Å²) in [5.74, 6) is -1.44. The fraction of sp³-hybridized carbons (Fsp3) is 0.280. The van der Waals surface area contributed by atoms with Crippen molar-refractivity contribution >= 4 is 23.1 Å². The number of hydrogen-bond acceptors (Lipinski definition) is 5. The lowest BCUT2D eigenvalue weighted by Crippen LogP contribution is -2.46. The number of carbonyl (C=O) groups is 1. The lowest BCUT2D eigenvalue weighted by Gasteiger charge is -2.35. The third-order valence-corrected chi connectivity index (χ3v) is 5.74. The van der Waals surface area contributed by atoms with E-state index in [1.54, 1.807) is 12.3 Å². The zero-order valence-electron chi connectivity index (χ0n) is 18.8. The van der Waals surface area contributed by atoms with Gasteiger partial charge in [0, 0.05) is 58.6 Å². The highest BCUT2D eigenvalue weighted by Gasteiger charge is 2.19. The number of aromatic nitrogens is 1. The Kier molecular flexibility index (Phi) is 6.84. The van der Waals surface area contributed by atoms with Crippen molar-refractivity contribution in [2.45, 2.75) is 6.54 Å². The molecule has 8 heteroatoms. The third kappa shape index (κ3) is 5.64. The van der Waals surface area contributed by atoms with E-state index in [9.17, 15) is 13.6 Å². The van der Waals surface area contributed by atoms with Gasteiger partial charge in [-0.05, 0) is 42.0 Å². The summed E-state index contributed by atoms with van der Waals surface area (Å²) in [5.41, 5.74) is 2.72. The van der Waals surface area contributed by atoms with Crippen LogP contribution in [0.1, 0.15) is 15.9 Å². The molecule has 1 fully saturated rings. The summed E-state index contributed by atoms with van der Waals surface area (Å²) in [7, 11) is 4.07. The minimum absolute atomic E-state index is 0.215. The molecule has 1 aliphatic rings. The predicted molar refractivity (Wildman–Crippen MR) is 127 cm³/mol. The van der Waals surface area contributed by atoms with Crippen LogP contribution in [0.15, 0.2) is 60.8 Å². The van der Waals surface area contributed by atoms with Crippen LogP contribution in [0.5, 0.6) is 0 Å². The number of nitrogens with zero attached hydrogens (tertiary/aromatic N) is 4. The van der Waals surface area contributed by atoms with Gasteiger partial charge in [-0.15, -0.1) is 0 Å². The number of amides is 1. The molecular formula is C25H27F2N5O. The third-order valence-electron chi connectivity index (χ3n) is 5.74. The van der Waals surface area contributed by atoms with Crippen LogP contribution in [-0.4, -0.2) is 56.1 Å². The molecule has 2 aromatic carbocycles. The summed E-state index contributed by atoms with van der Waals surface area (Å²) in [6, 6.07) is 15.1. The molecule has 1 N–H and O–H groups in total. The minimum Gasteiger partial charge on any atom is -0.378 e. The molecular weight excluding hydrogens is 424 g/mol. The van der Waals surface area contributed by atoms with Gasteiger partial charge in [0.25, 0.3) is 5.91 Å². The highest BCUT2D eigenvalue weighted by atomic mass is 19.1. The topological polar surface area (TPSA) is 51.7 Å². The Bertz CT molecular complexity index is 1090. The number of halogens is 2. The summed E-state index contributed by atoms with van der Waals surface area (Å²) in [4.78, 5) is 23.4. The first-order chi connectivity index (χ1) is 15.9. The van der Waals surface area contributed by atoms with Crippen LogP contribution in [0.4, 0.5) is 26.0 Å². The molecule has 2 heterocycles. The molecule has 172 valence electrons. The average Bonchev–Trinajstić information content (AvgIpc) is 2.80. The van der Waals surface area contributed by atoms with E-state index >= 15 is 0 Å². The first-order valence-corrected chi connectivity index (χ1v) is 10.8. The Balaban J connectivity index is 1.29. The molecule has 0 radical (unpaired) electrons. The van der Waals surface area contributed by atoms with Crippen LogP contribution in [0, 0.1) is 11.6 Å². The van der Waals surface area contributed by atoms with E-state index in [1.807, 2.05) is 20.2 Å². The molecule has 1 saturated heterocycles. The maximum Gasteiger partial charge on any atom is 0.258 e. The second kappa shape index (κ2) is 9.95. The Morgan fingerprint density at radius 1 is 1.00 bits per heavy atom. The van der Waals surface area contributed by atoms with Gasteiger partial charge in [-0.3, -0.25) is 9.69 Å². The highest BCUT2D eigenvalue weighted by molar-refractivity contribution is 6.04. The molecule has 3 aromatic rings. The molecule has 33 heavy (non-hydrogen) atoms. The maximum absolute atomic E-state index is 13.8. The Morgan fingerprint density at radius 3 is 2.33 bits per heavy atom. The van der Waals surface area contributed by atoms with Crippen molar-refractivity contribution in [1.29, 1.82) is 0 Å². The van der Waals surface area contributed by atoms with Crippen LogP contribution in [0.3, 0.4) is 0 Å². The van der Waals surface area contributed by atoms with Crippen LogP contribution in [0.2, 0.25) is 0 Å². The van der Waals surface area contributed by atoms with Gasteiger partial charge in [0.2, 0.25) is 0 Å². The largest absolute Gasteiger partial charge is 0.378 e. The zero-order chi connectivity index (χ0) is 23.4. The Hall–Kier alpha value is -3.52. The molecule has 0 spiro atoms. The van der Waals surface area contributed by atoms with Crippen LogP contribution >= 0.6 is 0 Å². The van der Waals surface area contributed by atoms with Gasteiger partial charge in [0.05, 0.1) is 17.4 Å². The highest BCUT2D eigenvalue weighted by Crippen LogP contribution is 2.19. The van der Waals surface area contributed by atoms with Gasteiger partial charge in [-0.2, -0.15) is 0 Å². The monoisotopic (exact) mass is 451 g/mol. The predicted octanol–water partition coefficient (Wildman–Crippen LogP) is 4.00.